The van der Waals surface area contributed by atoms with Crippen molar-refractivity contribution < 1.29 is 5.11 Å². The fraction of sp³-hybridized carbons (Fsp3) is 0.316. The SMILES string of the molecule is Cn1cc(-c2cc3c(=O)n(CC(C)(C)O)cnc3c(-c3cnn(C)c3)n2)cn1. The molecule has 0 unspecified atom stereocenters. The van der Waals surface area contributed by atoms with Crippen LogP contribution < -0.4 is 5.56 Å². The molecule has 0 saturated heterocycles. The van der Waals surface area contributed by atoms with Gasteiger partial charge in [-0.15, -0.1) is 0 Å². The van der Waals surface area contributed by atoms with E-state index in [2.05, 4.69) is 15.2 Å². The van der Waals surface area contributed by atoms with E-state index in [0.717, 1.165) is 11.1 Å². The summed E-state index contributed by atoms with van der Waals surface area (Å²) in [6, 6.07) is 1.72. The topological polar surface area (TPSA) is 104 Å². The monoisotopic (exact) mass is 379 g/mol. The van der Waals surface area contributed by atoms with E-state index in [1.807, 2.05) is 26.5 Å². The molecule has 0 fully saturated rings. The van der Waals surface area contributed by atoms with Crippen LogP contribution in [0.2, 0.25) is 0 Å². The summed E-state index contributed by atoms with van der Waals surface area (Å²) in [6.45, 7) is 3.44. The molecule has 4 heterocycles. The average molecular weight is 379 g/mol. The first-order valence-electron chi connectivity index (χ1n) is 8.82. The van der Waals surface area contributed by atoms with Crippen molar-refractivity contribution in [2.24, 2.45) is 14.1 Å². The van der Waals surface area contributed by atoms with Gasteiger partial charge in [0.05, 0.1) is 41.9 Å². The Kier molecular flexibility index (Phi) is 4.11. The van der Waals surface area contributed by atoms with Crippen molar-refractivity contribution >= 4 is 10.9 Å². The molecule has 0 aliphatic heterocycles. The van der Waals surface area contributed by atoms with Crippen molar-refractivity contribution in [1.82, 2.24) is 34.1 Å². The Bertz CT molecular complexity index is 1230. The van der Waals surface area contributed by atoms with Crippen LogP contribution in [-0.4, -0.2) is 44.8 Å². The highest BCUT2D eigenvalue weighted by Crippen LogP contribution is 2.28. The van der Waals surface area contributed by atoms with Gasteiger partial charge < -0.3 is 5.11 Å². The quantitative estimate of drug-likeness (QED) is 0.574. The van der Waals surface area contributed by atoms with Crippen molar-refractivity contribution in [3.8, 4) is 22.5 Å². The molecular formula is C19H21N7O2. The Balaban J connectivity index is 2.01. The van der Waals surface area contributed by atoms with Crippen LogP contribution in [0.15, 0.2) is 42.0 Å². The van der Waals surface area contributed by atoms with E-state index in [1.165, 1.54) is 10.9 Å². The molecule has 144 valence electrons. The lowest BCUT2D eigenvalue weighted by atomic mass is 10.1. The third kappa shape index (κ3) is 3.31. The lowest BCUT2D eigenvalue weighted by molar-refractivity contribution is 0.0603. The number of hydrogen-bond donors (Lipinski definition) is 1. The normalized spacial score (nSPS) is 12.0. The molecule has 4 rings (SSSR count). The molecule has 9 heteroatoms. The lowest BCUT2D eigenvalue weighted by Gasteiger charge is -2.18. The van der Waals surface area contributed by atoms with E-state index >= 15 is 0 Å². The predicted octanol–water partition coefficient (Wildman–Crippen LogP) is 1.36. The van der Waals surface area contributed by atoms with E-state index in [-0.39, 0.29) is 12.1 Å². The van der Waals surface area contributed by atoms with Gasteiger partial charge in [0, 0.05) is 37.6 Å². The van der Waals surface area contributed by atoms with Crippen LogP contribution in [0.25, 0.3) is 33.4 Å². The Labute approximate surface area is 160 Å². The summed E-state index contributed by atoms with van der Waals surface area (Å²) < 4.78 is 4.78. The van der Waals surface area contributed by atoms with Crippen molar-refractivity contribution in [1.29, 1.82) is 0 Å². The molecule has 0 bridgehead atoms. The molecule has 9 nitrogen and oxygen atoms in total. The molecule has 1 N–H and O–H groups in total. The zero-order chi connectivity index (χ0) is 20.1. The molecule has 28 heavy (non-hydrogen) atoms. The molecule has 0 amide bonds. The van der Waals surface area contributed by atoms with Gasteiger partial charge in [0.25, 0.3) is 5.56 Å². The highest BCUT2D eigenvalue weighted by Gasteiger charge is 2.19. The second-order valence-corrected chi connectivity index (χ2v) is 7.55. The number of fused-ring (bicyclic) bond motifs is 1. The predicted molar refractivity (Wildman–Crippen MR) is 104 cm³/mol. The van der Waals surface area contributed by atoms with Crippen LogP contribution in [0, 0.1) is 0 Å². The maximum atomic E-state index is 13.1. The third-order valence-corrected chi connectivity index (χ3v) is 4.35. The number of aromatic nitrogens is 7. The molecule has 4 aromatic heterocycles. The fourth-order valence-corrected chi connectivity index (χ4v) is 3.14. The van der Waals surface area contributed by atoms with Gasteiger partial charge >= 0.3 is 0 Å². The van der Waals surface area contributed by atoms with Crippen LogP contribution in [0.4, 0.5) is 0 Å². The Morgan fingerprint density at radius 2 is 1.71 bits per heavy atom. The summed E-state index contributed by atoms with van der Waals surface area (Å²) in [6.07, 6.45) is 8.52. The first-order chi connectivity index (χ1) is 13.2. The summed E-state index contributed by atoms with van der Waals surface area (Å²) in [5.41, 5.74) is 2.00. The standard InChI is InChI=1S/C19H21N7O2/c1-19(2,28)10-26-11-20-17-14(18(26)27)5-15(12-6-21-24(3)8-12)23-16(17)13-7-22-25(4)9-13/h5-9,11,28H,10H2,1-4H3. The van der Waals surface area contributed by atoms with Gasteiger partial charge in [0.2, 0.25) is 0 Å². The Morgan fingerprint density at radius 3 is 2.29 bits per heavy atom. The van der Waals surface area contributed by atoms with Gasteiger partial charge in [0.1, 0.15) is 11.2 Å². The minimum Gasteiger partial charge on any atom is -0.389 e. The molecule has 0 aromatic carbocycles. The van der Waals surface area contributed by atoms with Gasteiger partial charge in [-0.3, -0.25) is 18.7 Å². The molecule has 0 radical (unpaired) electrons. The van der Waals surface area contributed by atoms with Crippen LogP contribution in [0.1, 0.15) is 13.8 Å². The summed E-state index contributed by atoms with van der Waals surface area (Å²) in [7, 11) is 3.64. The third-order valence-electron chi connectivity index (χ3n) is 4.35. The number of aryl methyl sites for hydroxylation is 2. The molecule has 0 aliphatic carbocycles. The van der Waals surface area contributed by atoms with Crippen molar-refractivity contribution in [3.63, 3.8) is 0 Å². The van der Waals surface area contributed by atoms with Crippen LogP contribution >= 0.6 is 0 Å². The molecule has 4 aromatic rings. The Morgan fingerprint density at radius 1 is 1.07 bits per heavy atom. The van der Waals surface area contributed by atoms with Crippen LogP contribution in [0.5, 0.6) is 0 Å². The van der Waals surface area contributed by atoms with Gasteiger partial charge in [-0.05, 0) is 19.9 Å². The first-order valence-corrected chi connectivity index (χ1v) is 8.82. The summed E-state index contributed by atoms with van der Waals surface area (Å²) in [5.74, 6) is 0. The summed E-state index contributed by atoms with van der Waals surface area (Å²) >= 11 is 0. The number of rotatable bonds is 4. The van der Waals surface area contributed by atoms with Gasteiger partial charge in [-0.2, -0.15) is 10.2 Å². The minimum atomic E-state index is -1.04. The average Bonchev–Trinajstić information content (AvgIpc) is 3.24. The van der Waals surface area contributed by atoms with Gasteiger partial charge in [-0.25, -0.2) is 9.97 Å². The molecule has 0 aliphatic rings. The summed E-state index contributed by atoms with van der Waals surface area (Å²) in [4.78, 5) is 22.4. The zero-order valence-corrected chi connectivity index (χ0v) is 16.2. The van der Waals surface area contributed by atoms with Crippen LogP contribution in [0.3, 0.4) is 0 Å². The molecular weight excluding hydrogens is 358 g/mol. The van der Waals surface area contributed by atoms with E-state index in [1.54, 1.807) is 41.7 Å². The summed E-state index contributed by atoms with van der Waals surface area (Å²) in [5, 5.41) is 19.0. The molecule has 0 spiro atoms. The van der Waals surface area contributed by atoms with E-state index in [4.69, 9.17) is 4.98 Å². The van der Waals surface area contributed by atoms with E-state index in [0.29, 0.717) is 22.3 Å². The van der Waals surface area contributed by atoms with Crippen LogP contribution in [-0.2, 0) is 20.6 Å². The van der Waals surface area contributed by atoms with Crippen molar-refractivity contribution in [3.05, 3.63) is 47.5 Å². The van der Waals surface area contributed by atoms with E-state index in [9.17, 15) is 9.90 Å². The fourth-order valence-electron chi connectivity index (χ4n) is 3.14. The second kappa shape index (κ2) is 6.38. The number of pyridine rings is 1. The van der Waals surface area contributed by atoms with Gasteiger partial charge in [0.15, 0.2) is 0 Å². The first kappa shape index (κ1) is 18.1. The number of hydrogen-bond acceptors (Lipinski definition) is 6. The smallest absolute Gasteiger partial charge is 0.261 e. The minimum absolute atomic E-state index is 0.140. The maximum absolute atomic E-state index is 13.1. The van der Waals surface area contributed by atoms with Gasteiger partial charge in [-0.1, -0.05) is 0 Å². The van der Waals surface area contributed by atoms with Crippen molar-refractivity contribution in [2.45, 2.75) is 26.0 Å². The molecule has 0 atom stereocenters. The van der Waals surface area contributed by atoms with E-state index < -0.39 is 5.60 Å². The Hall–Kier alpha value is -3.33. The molecule has 0 saturated carbocycles. The zero-order valence-electron chi connectivity index (χ0n) is 16.2. The number of aliphatic hydroxyl groups is 1. The van der Waals surface area contributed by atoms with Crippen molar-refractivity contribution in [2.75, 3.05) is 0 Å². The largest absolute Gasteiger partial charge is 0.389 e. The lowest BCUT2D eigenvalue weighted by Crippen LogP contribution is -2.33. The number of nitrogens with zero attached hydrogens (tertiary/aromatic N) is 7. The maximum Gasteiger partial charge on any atom is 0.261 e. The second-order valence-electron chi connectivity index (χ2n) is 7.55. The highest BCUT2D eigenvalue weighted by molar-refractivity contribution is 5.93. The highest BCUT2D eigenvalue weighted by atomic mass is 16.3.